The molecule has 0 saturated carbocycles. The highest BCUT2D eigenvalue weighted by Crippen LogP contribution is 2.27. The molecule has 90 valence electrons. The number of aromatic nitrogens is 1. The Hall–Kier alpha value is -1.32. The Morgan fingerprint density at radius 1 is 1.29 bits per heavy atom. The second-order valence-corrected chi connectivity index (χ2v) is 4.59. The Morgan fingerprint density at radius 2 is 1.94 bits per heavy atom. The minimum absolute atomic E-state index is 0.107. The van der Waals surface area contributed by atoms with Gasteiger partial charge in [-0.15, -0.1) is 0 Å². The summed E-state index contributed by atoms with van der Waals surface area (Å²) in [5.41, 5.74) is 1.46. The number of oxazole rings is 1. The summed E-state index contributed by atoms with van der Waals surface area (Å²) in [5.74, 6) is 1.46. The van der Waals surface area contributed by atoms with E-state index in [2.05, 4.69) is 4.98 Å². The van der Waals surface area contributed by atoms with Crippen LogP contribution >= 0.6 is 11.6 Å². The summed E-state index contributed by atoms with van der Waals surface area (Å²) in [4.78, 5) is 4.29. The fourth-order valence-electron chi connectivity index (χ4n) is 1.64. The van der Waals surface area contributed by atoms with Crippen molar-refractivity contribution >= 4 is 11.6 Å². The molecule has 17 heavy (non-hydrogen) atoms. The Balaban J connectivity index is 2.42. The lowest BCUT2D eigenvalue weighted by atomic mass is 10.1. The van der Waals surface area contributed by atoms with Crippen LogP contribution in [0.15, 0.2) is 28.7 Å². The quantitative estimate of drug-likeness (QED) is 0.906. The summed E-state index contributed by atoms with van der Waals surface area (Å²) >= 11 is 5.82. The zero-order valence-electron chi connectivity index (χ0n) is 9.77. The SMILES string of the molecule is CC(C)c1oc(-c2ccc(Cl)cc2)nc1CO. The van der Waals surface area contributed by atoms with Crippen molar-refractivity contribution in [3.63, 3.8) is 0 Å². The van der Waals surface area contributed by atoms with Crippen LogP contribution in [0.5, 0.6) is 0 Å². The van der Waals surface area contributed by atoms with Crippen molar-refractivity contribution in [2.24, 2.45) is 0 Å². The molecule has 0 aliphatic rings. The van der Waals surface area contributed by atoms with Crippen molar-refractivity contribution < 1.29 is 9.52 Å². The van der Waals surface area contributed by atoms with Gasteiger partial charge in [0.15, 0.2) is 0 Å². The van der Waals surface area contributed by atoms with Gasteiger partial charge in [0.1, 0.15) is 11.5 Å². The first kappa shape index (κ1) is 12.1. The molecular weight excluding hydrogens is 238 g/mol. The molecule has 0 bridgehead atoms. The summed E-state index contributed by atoms with van der Waals surface area (Å²) in [6.45, 7) is 3.90. The van der Waals surface area contributed by atoms with Gasteiger partial charge in [-0.1, -0.05) is 25.4 Å². The first-order chi connectivity index (χ1) is 8.11. The number of hydrogen-bond donors (Lipinski definition) is 1. The number of rotatable bonds is 3. The van der Waals surface area contributed by atoms with Crippen LogP contribution in [0.1, 0.15) is 31.2 Å². The molecule has 0 fully saturated rings. The van der Waals surface area contributed by atoms with E-state index in [0.29, 0.717) is 16.6 Å². The highest BCUT2D eigenvalue weighted by Gasteiger charge is 2.16. The fourth-order valence-corrected chi connectivity index (χ4v) is 1.77. The van der Waals surface area contributed by atoms with Gasteiger partial charge in [-0.3, -0.25) is 0 Å². The predicted octanol–water partition coefficient (Wildman–Crippen LogP) is 3.61. The number of nitrogens with zero attached hydrogens (tertiary/aromatic N) is 1. The third-order valence-corrected chi connectivity index (χ3v) is 2.74. The highest BCUT2D eigenvalue weighted by atomic mass is 35.5. The van der Waals surface area contributed by atoms with Crippen molar-refractivity contribution in [2.75, 3.05) is 0 Å². The van der Waals surface area contributed by atoms with Crippen LogP contribution in [-0.2, 0) is 6.61 Å². The van der Waals surface area contributed by atoms with Gasteiger partial charge in [-0.25, -0.2) is 4.98 Å². The molecule has 0 spiro atoms. The van der Waals surface area contributed by atoms with Crippen molar-refractivity contribution in [3.05, 3.63) is 40.7 Å². The molecule has 1 aromatic carbocycles. The van der Waals surface area contributed by atoms with Crippen molar-refractivity contribution in [1.82, 2.24) is 4.98 Å². The minimum Gasteiger partial charge on any atom is -0.441 e. The number of benzene rings is 1. The number of aliphatic hydroxyl groups excluding tert-OH is 1. The van der Waals surface area contributed by atoms with E-state index in [9.17, 15) is 5.11 Å². The van der Waals surface area contributed by atoms with E-state index in [1.54, 1.807) is 12.1 Å². The molecule has 4 heteroatoms. The standard InChI is InChI=1S/C13H14ClNO2/c1-8(2)12-11(7-16)15-13(17-12)9-3-5-10(14)6-4-9/h3-6,8,16H,7H2,1-2H3. The molecule has 0 amide bonds. The molecule has 3 nitrogen and oxygen atoms in total. The zero-order valence-corrected chi connectivity index (χ0v) is 10.5. The lowest BCUT2D eigenvalue weighted by Crippen LogP contribution is -1.92. The summed E-state index contributed by atoms with van der Waals surface area (Å²) in [5, 5.41) is 9.90. The van der Waals surface area contributed by atoms with E-state index in [-0.39, 0.29) is 12.5 Å². The van der Waals surface area contributed by atoms with Gasteiger partial charge in [-0.05, 0) is 24.3 Å². The third-order valence-electron chi connectivity index (χ3n) is 2.49. The first-order valence-corrected chi connectivity index (χ1v) is 5.86. The van der Waals surface area contributed by atoms with Crippen LogP contribution in [0.2, 0.25) is 5.02 Å². The predicted molar refractivity (Wildman–Crippen MR) is 67.0 cm³/mol. The lowest BCUT2D eigenvalue weighted by molar-refractivity contribution is 0.273. The fraction of sp³-hybridized carbons (Fsp3) is 0.308. The maximum absolute atomic E-state index is 9.23. The van der Waals surface area contributed by atoms with Crippen LogP contribution in [0.3, 0.4) is 0 Å². The Bertz CT molecular complexity index is 503. The molecule has 1 heterocycles. The van der Waals surface area contributed by atoms with Crippen LogP contribution in [0.4, 0.5) is 0 Å². The molecular formula is C13H14ClNO2. The number of halogens is 1. The van der Waals surface area contributed by atoms with Gasteiger partial charge in [0.2, 0.25) is 5.89 Å². The van der Waals surface area contributed by atoms with Crippen LogP contribution in [-0.4, -0.2) is 10.1 Å². The summed E-state index contributed by atoms with van der Waals surface area (Å²) < 4.78 is 5.68. The van der Waals surface area contributed by atoms with Crippen LogP contribution < -0.4 is 0 Å². The van der Waals surface area contributed by atoms with E-state index in [4.69, 9.17) is 16.0 Å². The van der Waals surface area contributed by atoms with E-state index in [0.717, 1.165) is 11.3 Å². The average Bonchev–Trinajstić information content (AvgIpc) is 2.74. The second-order valence-electron chi connectivity index (χ2n) is 4.15. The molecule has 1 N–H and O–H groups in total. The van der Waals surface area contributed by atoms with E-state index < -0.39 is 0 Å². The first-order valence-electron chi connectivity index (χ1n) is 5.48. The highest BCUT2D eigenvalue weighted by molar-refractivity contribution is 6.30. The van der Waals surface area contributed by atoms with Crippen molar-refractivity contribution in [1.29, 1.82) is 0 Å². The van der Waals surface area contributed by atoms with Gasteiger partial charge in [0.05, 0.1) is 6.61 Å². The smallest absolute Gasteiger partial charge is 0.226 e. The molecule has 0 atom stereocenters. The van der Waals surface area contributed by atoms with Gasteiger partial charge in [0, 0.05) is 16.5 Å². The number of hydrogen-bond acceptors (Lipinski definition) is 3. The summed E-state index contributed by atoms with van der Waals surface area (Å²) in [6, 6.07) is 7.27. The maximum atomic E-state index is 9.23. The number of aliphatic hydroxyl groups is 1. The average molecular weight is 252 g/mol. The third kappa shape index (κ3) is 2.51. The van der Waals surface area contributed by atoms with E-state index in [1.807, 2.05) is 26.0 Å². The largest absolute Gasteiger partial charge is 0.441 e. The molecule has 0 unspecified atom stereocenters. The lowest BCUT2D eigenvalue weighted by Gasteiger charge is -2.00. The maximum Gasteiger partial charge on any atom is 0.226 e. The van der Waals surface area contributed by atoms with Crippen molar-refractivity contribution in [2.45, 2.75) is 26.4 Å². The normalized spacial score (nSPS) is 11.1. The molecule has 2 rings (SSSR count). The topological polar surface area (TPSA) is 46.3 Å². The Labute approximate surface area is 105 Å². The Morgan fingerprint density at radius 3 is 2.41 bits per heavy atom. The van der Waals surface area contributed by atoms with Gasteiger partial charge in [-0.2, -0.15) is 0 Å². The molecule has 0 saturated heterocycles. The van der Waals surface area contributed by atoms with Gasteiger partial charge in [0.25, 0.3) is 0 Å². The Kier molecular flexibility index (Phi) is 3.50. The summed E-state index contributed by atoms with van der Waals surface area (Å²) in [6.07, 6.45) is 0. The van der Waals surface area contributed by atoms with Gasteiger partial charge >= 0.3 is 0 Å². The molecule has 2 aromatic rings. The monoisotopic (exact) mass is 251 g/mol. The zero-order chi connectivity index (χ0) is 12.4. The van der Waals surface area contributed by atoms with Crippen molar-refractivity contribution in [3.8, 4) is 11.5 Å². The van der Waals surface area contributed by atoms with Crippen LogP contribution in [0.25, 0.3) is 11.5 Å². The van der Waals surface area contributed by atoms with Crippen LogP contribution in [0, 0.1) is 0 Å². The molecule has 0 aliphatic heterocycles. The van der Waals surface area contributed by atoms with Gasteiger partial charge < -0.3 is 9.52 Å². The summed E-state index contributed by atoms with van der Waals surface area (Å²) in [7, 11) is 0. The molecule has 0 radical (unpaired) electrons. The van der Waals surface area contributed by atoms with E-state index in [1.165, 1.54) is 0 Å². The molecule has 1 aromatic heterocycles. The molecule has 0 aliphatic carbocycles. The van der Waals surface area contributed by atoms with E-state index >= 15 is 0 Å². The minimum atomic E-state index is -0.107. The second kappa shape index (κ2) is 4.90.